The Morgan fingerprint density at radius 3 is 2.92 bits per heavy atom. The van der Waals surface area contributed by atoms with Gasteiger partial charge in [0.05, 0.1) is 24.0 Å². The third-order valence-electron chi connectivity index (χ3n) is 4.92. The van der Waals surface area contributed by atoms with Crippen molar-refractivity contribution in [2.24, 2.45) is 0 Å². The molecule has 9 heteroatoms. The Labute approximate surface area is 150 Å². The van der Waals surface area contributed by atoms with Crippen molar-refractivity contribution in [3.05, 3.63) is 21.6 Å². The molecular formula is C16H23ClN4O4. The summed E-state index contributed by atoms with van der Waals surface area (Å²) in [5.41, 5.74) is -0.518. The SMILES string of the molecule is C[C@]1(O)CC[C@H](NC(=O)O[C@@H]2CCN(c3cn[nH]c(=O)c3Cl)C2)CC1. The average Bonchev–Trinajstić information content (AvgIpc) is 3.00. The predicted octanol–water partition coefficient (Wildman–Crippen LogP) is 1.42. The van der Waals surface area contributed by atoms with Crippen LogP contribution >= 0.6 is 11.6 Å². The van der Waals surface area contributed by atoms with E-state index in [0.29, 0.717) is 38.0 Å². The molecule has 138 valence electrons. The lowest BCUT2D eigenvalue weighted by atomic mass is 9.84. The van der Waals surface area contributed by atoms with Gasteiger partial charge in [-0.3, -0.25) is 4.79 Å². The molecule has 3 N–H and O–H groups in total. The minimum Gasteiger partial charge on any atom is -0.444 e. The maximum absolute atomic E-state index is 12.1. The van der Waals surface area contributed by atoms with Gasteiger partial charge >= 0.3 is 6.09 Å². The molecule has 1 aromatic heterocycles. The van der Waals surface area contributed by atoms with Crippen LogP contribution in [0.15, 0.2) is 11.0 Å². The molecule has 1 aromatic rings. The monoisotopic (exact) mass is 370 g/mol. The Bertz CT molecular complexity index is 683. The number of hydrogen-bond acceptors (Lipinski definition) is 6. The fraction of sp³-hybridized carbons (Fsp3) is 0.688. The highest BCUT2D eigenvalue weighted by molar-refractivity contribution is 6.33. The van der Waals surface area contributed by atoms with Crippen molar-refractivity contribution in [3.8, 4) is 0 Å². The number of aromatic nitrogens is 2. The van der Waals surface area contributed by atoms with Crippen LogP contribution < -0.4 is 15.8 Å². The number of ether oxygens (including phenoxy) is 1. The Morgan fingerprint density at radius 2 is 2.20 bits per heavy atom. The van der Waals surface area contributed by atoms with Crippen LogP contribution in [0.2, 0.25) is 5.02 Å². The number of rotatable bonds is 3. The van der Waals surface area contributed by atoms with E-state index in [1.165, 1.54) is 6.20 Å². The number of carbonyl (C=O) groups is 1. The third-order valence-corrected chi connectivity index (χ3v) is 5.29. The standard InChI is InChI=1S/C16H23ClN4O4/c1-16(24)5-2-10(3-6-16)19-15(23)25-11-4-7-21(9-11)12-8-18-20-14(22)13(12)17/h8,10-11,24H,2-7,9H2,1H3,(H,19,23)(H,20,22)/t10-,11-,16-/m1/s1. The zero-order chi connectivity index (χ0) is 18.0. The number of amides is 1. The molecule has 2 aliphatic rings. The van der Waals surface area contributed by atoms with E-state index in [-0.39, 0.29) is 17.2 Å². The molecule has 0 aromatic carbocycles. The largest absolute Gasteiger partial charge is 0.444 e. The van der Waals surface area contributed by atoms with Gasteiger partial charge in [-0.15, -0.1) is 0 Å². The van der Waals surface area contributed by atoms with Gasteiger partial charge in [-0.25, -0.2) is 9.89 Å². The maximum atomic E-state index is 12.1. The Hall–Kier alpha value is -1.80. The van der Waals surface area contributed by atoms with Crippen LogP contribution in [-0.2, 0) is 4.74 Å². The van der Waals surface area contributed by atoms with Gasteiger partial charge in [0, 0.05) is 19.0 Å². The highest BCUT2D eigenvalue weighted by atomic mass is 35.5. The van der Waals surface area contributed by atoms with Gasteiger partial charge in [0.15, 0.2) is 0 Å². The zero-order valence-electron chi connectivity index (χ0n) is 14.1. The van der Waals surface area contributed by atoms with E-state index in [9.17, 15) is 14.7 Å². The normalized spacial score (nSPS) is 29.5. The summed E-state index contributed by atoms with van der Waals surface area (Å²) in [4.78, 5) is 25.5. The lowest BCUT2D eigenvalue weighted by Crippen LogP contribution is -2.43. The van der Waals surface area contributed by atoms with Gasteiger partial charge < -0.3 is 20.1 Å². The van der Waals surface area contributed by atoms with Crippen molar-refractivity contribution >= 4 is 23.4 Å². The molecule has 3 rings (SSSR count). The summed E-state index contributed by atoms with van der Waals surface area (Å²) in [6.45, 7) is 2.93. The molecule has 1 aliphatic heterocycles. The molecule has 25 heavy (non-hydrogen) atoms. The number of halogens is 1. The van der Waals surface area contributed by atoms with Gasteiger partial charge in [-0.05, 0) is 32.6 Å². The lowest BCUT2D eigenvalue weighted by Gasteiger charge is -2.33. The Balaban J connectivity index is 1.49. The minimum atomic E-state index is -0.630. The van der Waals surface area contributed by atoms with Crippen LogP contribution in [0.5, 0.6) is 0 Å². The number of carbonyl (C=O) groups excluding carboxylic acids is 1. The molecular weight excluding hydrogens is 348 g/mol. The maximum Gasteiger partial charge on any atom is 0.407 e. The summed E-state index contributed by atoms with van der Waals surface area (Å²) in [6, 6.07) is 0.0385. The molecule has 8 nitrogen and oxygen atoms in total. The Kier molecular flexibility index (Phi) is 5.19. The van der Waals surface area contributed by atoms with E-state index >= 15 is 0 Å². The van der Waals surface area contributed by atoms with Gasteiger partial charge in [0.2, 0.25) is 0 Å². The van der Waals surface area contributed by atoms with Crippen molar-refractivity contribution in [1.82, 2.24) is 15.5 Å². The van der Waals surface area contributed by atoms with Gasteiger partial charge in [0.25, 0.3) is 5.56 Å². The number of anilines is 1. The molecule has 1 amide bonds. The van der Waals surface area contributed by atoms with Crippen molar-refractivity contribution in [3.63, 3.8) is 0 Å². The minimum absolute atomic E-state index is 0.0385. The molecule has 1 saturated carbocycles. The van der Waals surface area contributed by atoms with Crippen LogP contribution in [-0.4, -0.2) is 52.2 Å². The highest BCUT2D eigenvalue weighted by Gasteiger charge is 2.31. The second-order valence-corrected chi connectivity index (χ2v) is 7.45. The molecule has 2 heterocycles. The van der Waals surface area contributed by atoms with Crippen molar-refractivity contribution in [1.29, 1.82) is 0 Å². The van der Waals surface area contributed by atoms with E-state index in [4.69, 9.17) is 16.3 Å². The van der Waals surface area contributed by atoms with Crippen molar-refractivity contribution in [2.45, 2.75) is 56.8 Å². The van der Waals surface area contributed by atoms with Crippen LogP contribution in [0, 0.1) is 0 Å². The second-order valence-electron chi connectivity index (χ2n) is 7.08. The van der Waals surface area contributed by atoms with Crippen LogP contribution in [0.1, 0.15) is 39.0 Å². The predicted molar refractivity (Wildman–Crippen MR) is 93.0 cm³/mol. The third kappa shape index (κ3) is 4.43. The van der Waals surface area contributed by atoms with E-state index < -0.39 is 17.3 Å². The zero-order valence-corrected chi connectivity index (χ0v) is 14.9. The summed E-state index contributed by atoms with van der Waals surface area (Å²) in [7, 11) is 0. The molecule has 0 radical (unpaired) electrons. The first kappa shape index (κ1) is 18.0. The summed E-state index contributed by atoms with van der Waals surface area (Å²) in [5, 5.41) is 19.0. The first-order valence-electron chi connectivity index (χ1n) is 8.52. The number of hydrogen-bond donors (Lipinski definition) is 3. The Morgan fingerprint density at radius 1 is 1.48 bits per heavy atom. The summed E-state index contributed by atoms with van der Waals surface area (Å²) >= 11 is 6.01. The molecule has 0 bridgehead atoms. The average molecular weight is 371 g/mol. The van der Waals surface area contributed by atoms with Crippen molar-refractivity contribution in [2.75, 3.05) is 18.0 Å². The van der Waals surface area contributed by atoms with Crippen LogP contribution in [0.3, 0.4) is 0 Å². The second kappa shape index (κ2) is 7.21. The number of nitrogens with zero attached hydrogens (tertiary/aromatic N) is 2. The molecule has 1 atom stereocenters. The number of nitrogens with one attached hydrogen (secondary N) is 2. The molecule has 2 fully saturated rings. The number of alkyl carbamates (subject to hydrolysis) is 1. The first-order chi connectivity index (χ1) is 11.8. The summed E-state index contributed by atoms with van der Waals surface area (Å²) < 4.78 is 5.48. The number of aliphatic hydroxyl groups is 1. The van der Waals surface area contributed by atoms with E-state index in [2.05, 4.69) is 15.5 Å². The lowest BCUT2D eigenvalue weighted by molar-refractivity contribution is 0.0128. The molecule has 1 aliphatic carbocycles. The number of aromatic amines is 1. The van der Waals surface area contributed by atoms with Gasteiger partial charge in [-0.1, -0.05) is 11.6 Å². The molecule has 0 unspecified atom stereocenters. The van der Waals surface area contributed by atoms with Gasteiger partial charge in [-0.2, -0.15) is 5.10 Å². The quantitative estimate of drug-likeness (QED) is 0.742. The number of H-pyrrole nitrogens is 1. The highest BCUT2D eigenvalue weighted by Crippen LogP contribution is 2.28. The van der Waals surface area contributed by atoms with E-state index in [1.54, 1.807) is 0 Å². The topological polar surface area (TPSA) is 108 Å². The first-order valence-corrected chi connectivity index (χ1v) is 8.89. The fourth-order valence-electron chi connectivity index (χ4n) is 3.37. The van der Waals surface area contributed by atoms with E-state index in [1.807, 2.05) is 11.8 Å². The summed E-state index contributed by atoms with van der Waals surface area (Å²) in [5.74, 6) is 0. The fourth-order valence-corrected chi connectivity index (χ4v) is 3.58. The van der Waals surface area contributed by atoms with Gasteiger partial charge in [0.1, 0.15) is 11.1 Å². The molecule has 1 saturated heterocycles. The van der Waals surface area contributed by atoms with Crippen LogP contribution in [0.4, 0.5) is 10.5 Å². The van der Waals surface area contributed by atoms with Crippen molar-refractivity contribution < 1.29 is 14.6 Å². The summed E-state index contributed by atoms with van der Waals surface area (Å²) in [6.07, 6.45) is 4.29. The van der Waals surface area contributed by atoms with E-state index in [0.717, 1.165) is 12.8 Å². The molecule has 0 spiro atoms. The smallest absolute Gasteiger partial charge is 0.407 e. The van der Waals surface area contributed by atoms with Crippen LogP contribution in [0.25, 0.3) is 0 Å².